The van der Waals surface area contributed by atoms with E-state index in [4.69, 9.17) is 5.73 Å². The van der Waals surface area contributed by atoms with Gasteiger partial charge >= 0.3 is 0 Å². The zero-order valence-corrected chi connectivity index (χ0v) is 10.4. The van der Waals surface area contributed by atoms with Gasteiger partial charge in [-0.1, -0.05) is 39.0 Å². The van der Waals surface area contributed by atoms with Gasteiger partial charge in [-0.25, -0.2) is 0 Å². The summed E-state index contributed by atoms with van der Waals surface area (Å²) < 4.78 is 11.9. The van der Waals surface area contributed by atoms with Crippen LogP contribution in [-0.2, 0) is 10.8 Å². The molecule has 2 N–H and O–H groups in total. The normalized spacial score (nSPS) is 16.0. The largest absolute Gasteiger partial charge is 0.326 e. The fraction of sp³-hybridized carbons (Fsp3) is 0.500. The SMILES string of the molecule is CC(C)(C)C(N)CS(=O)c1ccccc1. The molecule has 0 radical (unpaired) electrons. The molecule has 0 saturated heterocycles. The van der Waals surface area contributed by atoms with E-state index in [0.717, 1.165) is 4.90 Å². The molecular formula is C12H19NOS. The monoisotopic (exact) mass is 225 g/mol. The molecule has 2 unspecified atom stereocenters. The molecule has 0 aliphatic carbocycles. The quantitative estimate of drug-likeness (QED) is 0.856. The molecule has 0 aliphatic rings. The molecular weight excluding hydrogens is 206 g/mol. The van der Waals surface area contributed by atoms with Crippen molar-refractivity contribution in [2.45, 2.75) is 31.7 Å². The predicted molar refractivity (Wildman–Crippen MR) is 65.1 cm³/mol. The summed E-state index contributed by atoms with van der Waals surface area (Å²) in [5.41, 5.74) is 6.00. The summed E-state index contributed by atoms with van der Waals surface area (Å²) in [6, 6.07) is 9.44. The van der Waals surface area contributed by atoms with Crippen LogP contribution in [0.1, 0.15) is 20.8 Å². The third-order valence-corrected chi connectivity index (χ3v) is 3.91. The van der Waals surface area contributed by atoms with E-state index in [1.54, 1.807) is 0 Å². The van der Waals surface area contributed by atoms with Crippen molar-refractivity contribution in [3.8, 4) is 0 Å². The molecule has 1 aromatic rings. The third-order valence-electron chi connectivity index (χ3n) is 2.45. The third kappa shape index (κ3) is 3.76. The molecule has 0 bridgehead atoms. The molecule has 0 aliphatic heterocycles. The summed E-state index contributed by atoms with van der Waals surface area (Å²) in [6.07, 6.45) is 0. The van der Waals surface area contributed by atoms with Gasteiger partial charge in [0.05, 0.1) is 10.8 Å². The van der Waals surface area contributed by atoms with E-state index in [1.807, 2.05) is 30.3 Å². The van der Waals surface area contributed by atoms with Crippen LogP contribution in [0.2, 0.25) is 0 Å². The van der Waals surface area contributed by atoms with Gasteiger partial charge in [0.15, 0.2) is 0 Å². The second-order valence-electron chi connectivity index (χ2n) is 4.80. The smallest absolute Gasteiger partial charge is 0.0545 e. The predicted octanol–water partition coefficient (Wildman–Crippen LogP) is 2.17. The van der Waals surface area contributed by atoms with Crippen molar-refractivity contribution in [1.82, 2.24) is 0 Å². The van der Waals surface area contributed by atoms with Gasteiger partial charge in [0.25, 0.3) is 0 Å². The second kappa shape index (κ2) is 4.90. The Kier molecular flexibility index (Phi) is 4.05. The van der Waals surface area contributed by atoms with Crippen molar-refractivity contribution in [2.24, 2.45) is 11.1 Å². The molecule has 0 heterocycles. The zero-order valence-electron chi connectivity index (χ0n) is 9.57. The Morgan fingerprint density at radius 1 is 1.27 bits per heavy atom. The Morgan fingerprint density at radius 3 is 2.27 bits per heavy atom. The molecule has 2 nitrogen and oxygen atoms in total. The maximum absolute atomic E-state index is 11.9. The van der Waals surface area contributed by atoms with E-state index in [2.05, 4.69) is 20.8 Å². The number of benzene rings is 1. The van der Waals surface area contributed by atoms with Gasteiger partial charge < -0.3 is 5.73 Å². The Hall–Kier alpha value is -0.670. The van der Waals surface area contributed by atoms with Gasteiger partial charge in [0.2, 0.25) is 0 Å². The Balaban J connectivity index is 2.65. The lowest BCUT2D eigenvalue weighted by Gasteiger charge is -2.26. The minimum absolute atomic E-state index is 0.00441. The summed E-state index contributed by atoms with van der Waals surface area (Å²) in [6.45, 7) is 6.21. The standard InChI is InChI=1S/C12H19NOS/c1-12(2,3)11(13)9-15(14)10-7-5-4-6-8-10/h4-8,11H,9,13H2,1-3H3. The summed E-state index contributed by atoms with van der Waals surface area (Å²) in [5, 5.41) is 0. The molecule has 0 aromatic heterocycles. The van der Waals surface area contributed by atoms with Crippen LogP contribution >= 0.6 is 0 Å². The van der Waals surface area contributed by atoms with E-state index in [-0.39, 0.29) is 11.5 Å². The first-order valence-electron chi connectivity index (χ1n) is 5.10. The lowest BCUT2D eigenvalue weighted by Crippen LogP contribution is -2.39. The first-order chi connectivity index (χ1) is 6.91. The molecule has 15 heavy (non-hydrogen) atoms. The molecule has 2 atom stereocenters. The van der Waals surface area contributed by atoms with Crippen molar-refractivity contribution < 1.29 is 4.21 Å². The molecule has 0 saturated carbocycles. The van der Waals surface area contributed by atoms with Crippen LogP contribution in [0.5, 0.6) is 0 Å². The van der Waals surface area contributed by atoms with Crippen LogP contribution in [0.25, 0.3) is 0 Å². The molecule has 0 fully saturated rings. The zero-order chi connectivity index (χ0) is 11.5. The summed E-state index contributed by atoms with van der Waals surface area (Å²) in [4.78, 5) is 0.859. The maximum atomic E-state index is 11.9. The van der Waals surface area contributed by atoms with Gasteiger partial charge in [-0.05, 0) is 17.5 Å². The first-order valence-corrected chi connectivity index (χ1v) is 6.42. The molecule has 0 spiro atoms. The van der Waals surface area contributed by atoms with E-state index in [1.165, 1.54) is 0 Å². The van der Waals surface area contributed by atoms with Gasteiger partial charge in [-0.3, -0.25) is 4.21 Å². The van der Waals surface area contributed by atoms with Crippen LogP contribution < -0.4 is 5.73 Å². The second-order valence-corrected chi connectivity index (χ2v) is 6.29. The molecule has 1 aromatic carbocycles. The highest BCUT2D eigenvalue weighted by Gasteiger charge is 2.22. The van der Waals surface area contributed by atoms with E-state index < -0.39 is 10.8 Å². The van der Waals surface area contributed by atoms with Gasteiger partial charge in [-0.15, -0.1) is 0 Å². The summed E-state index contributed by atoms with van der Waals surface area (Å²) >= 11 is 0. The lowest BCUT2D eigenvalue weighted by atomic mass is 9.89. The highest BCUT2D eigenvalue weighted by atomic mass is 32.2. The van der Waals surface area contributed by atoms with Crippen molar-refractivity contribution in [3.05, 3.63) is 30.3 Å². The summed E-state index contributed by atoms with van der Waals surface area (Å²) in [5.74, 6) is 0.521. The highest BCUT2D eigenvalue weighted by molar-refractivity contribution is 7.85. The number of hydrogen-bond donors (Lipinski definition) is 1. The Bertz CT molecular complexity index is 329. The van der Waals surface area contributed by atoms with Crippen molar-refractivity contribution in [1.29, 1.82) is 0 Å². The lowest BCUT2D eigenvalue weighted by molar-refractivity contribution is 0.342. The molecule has 84 valence electrons. The van der Waals surface area contributed by atoms with E-state index in [0.29, 0.717) is 5.75 Å². The molecule has 0 amide bonds. The average molecular weight is 225 g/mol. The summed E-state index contributed by atoms with van der Waals surface area (Å²) in [7, 11) is -0.985. The fourth-order valence-electron chi connectivity index (χ4n) is 1.08. The fourth-order valence-corrected chi connectivity index (χ4v) is 2.56. The molecule has 1 rings (SSSR count). The Labute approximate surface area is 94.3 Å². The highest BCUT2D eigenvalue weighted by Crippen LogP contribution is 2.19. The minimum atomic E-state index is -0.985. The van der Waals surface area contributed by atoms with Crippen LogP contribution in [0.15, 0.2) is 35.2 Å². The van der Waals surface area contributed by atoms with Gasteiger partial charge in [0, 0.05) is 16.7 Å². The molecule has 3 heteroatoms. The number of hydrogen-bond acceptors (Lipinski definition) is 2. The van der Waals surface area contributed by atoms with Crippen molar-refractivity contribution >= 4 is 10.8 Å². The van der Waals surface area contributed by atoms with E-state index in [9.17, 15) is 4.21 Å². The first kappa shape index (κ1) is 12.4. The Morgan fingerprint density at radius 2 is 1.80 bits per heavy atom. The van der Waals surface area contributed by atoms with Crippen LogP contribution in [-0.4, -0.2) is 16.0 Å². The average Bonchev–Trinajstić information content (AvgIpc) is 2.17. The minimum Gasteiger partial charge on any atom is -0.326 e. The van der Waals surface area contributed by atoms with Crippen LogP contribution in [0.4, 0.5) is 0 Å². The topological polar surface area (TPSA) is 43.1 Å². The van der Waals surface area contributed by atoms with Gasteiger partial charge in [-0.2, -0.15) is 0 Å². The number of nitrogens with two attached hydrogens (primary N) is 1. The number of rotatable bonds is 3. The van der Waals surface area contributed by atoms with E-state index >= 15 is 0 Å². The van der Waals surface area contributed by atoms with Crippen molar-refractivity contribution in [3.63, 3.8) is 0 Å². The van der Waals surface area contributed by atoms with Crippen LogP contribution in [0.3, 0.4) is 0 Å². The van der Waals surface area contributed by atoms with Crippen LogP contribution in [0, 0.1) is 5.41 Å². The van der Waals surface area contributed by atoms with Gasteiger partial charge in [0.1, 0.15) is 0 Å². The van der Waals surface area contributed by atoms with Crippen molar-refractivity contribution in [2.75, 3.05) is 5.75 Å². The maximum Gasteiger partial charge on any atom is 0.0545 e.